The molecule has 1 aliphatic heterocycles. The van der Waals surface area contributed by atoms with Crippen LogP contribution >= 0.6 is 0 Å². The lowest BCUT2D eigenvalue weighted by Crippen LogP contribution is -2.27. The summed E-state index contributed by atoms with van der Waals surface area (Å²) < 4.78 is 0. The van der Waals surface area contributed by atoms with Crippen LogP contribution < -0.4 is 11.1 Å². The first-order valence-corrected chi connectivity index (χ1v) is 5.81. The normalized spacial score (nSPS) is 25.5. The van der Waals surface area contributed by atoms with Crippen molar-refractivity contribution in [1.29, 1.82) is 0 Å². The Bertz CT molecular complexity index is 149. The quantitative estimate of drug-likeness (QED) is 0.613. The van der Waals surface area contributed by atoms with Crippen LogP contribution in [0.5, 0.6) is 0 Å². The minimum atomic E-state index is 0.661. The summed E-state index contributed by atoms with van der Waals surface area (Å²) in [4.78, 5) is 2.41. The smallest absolute Gasteiger partial charge is 0.00192 e. The standard InChI is InChI=1S/C11H25N3/c1-10(7-12)3-5-13-8-11-4-6-14(2)9-11/h10-11,13H,3-9,12H2,1-2H3. The van der Waals surface area contributed by atoms with Crippen LogP contribution in [0.3, 0.4) is 0 Å². The predicted octanol–water partition coefficient (Wildman–Crippen LogP) is 0.513. The molecule has 3 heteroatoms. The third-order valence-corrected chi connectivity index (χ3v) is 3.14. The van der Waals surface area contributed by atoms with Crippen LogP contribution in [0, 0.1) is 11.8 Å². The molecule has 1 heterocycles. The molecule has 1 aliphatic rings. The molecule has 3 N–H and O–H groups in total. The summed E-state index contributed by atoms with van der Waals surface area (Å²) in [5.74, 6) is 1.53. The first-order chi connectivity index (χ1) is 6.72. The molecule has 0 aliphatic carbocycles. The van der Waals surface area contributed by atoms with Gasteiger partial charge in [-0.3, -0.25) is 0 Å². The number of nitrogens with two attached hydrogens (primary N) is 1. The van der Waals surface area contributed by atoms with Crippen molar-refractivity contribution >= 4 is 0 Å². The van der Waals surface area contributed by atoms with Crippen molar-refractivity contribution in [2.24, 2.45) is 17.6 Å². The Hall–Kier alpha value is -0.120. The van der Waals surface area contributed by atoms with E-state index < -0.39 is 0 Å². The lowest BCUT2D eigenvalue weighted by molar-refractivity contribution is 0.385. The Labute approximate surface area is 88.0 Å². The van der Waals surface area contributed by atoms with Crippen LogP contribution in [-0.4, -0.2) is 44.7 Å². The molecular weight excluding hydrogens is 174 g/mol. The molecule has 1 fully saturated rings. The maximum absolute atomic E-state index is 5.56. The highest BCUT2D eigenvalue weighted by Gasteiger charge is 2.18. The SMILES string of the molecule is CC(CN)CCNCC1CCN(C)C1. The molecule has 0 amide bonds. The van der Waals surface area contributed by atoms with Gasteiger partial charge in [0.25, 0.3) is 0 Å². The number of hydrogen-bond donors (Lipinski definition) is 2. The second kappa shape index (κ2) is 6.38. The highest BCUT2D eigenvalue weighted by molar-refractivity contribution is 4.74. The predicted molar refractivity (Wildman–Crippen MR) is 61.3 cm³/mol. The fourth-order valence-electron chi connectivity index (χ4n) is 1.97. The van der Waals surface area contributed by atoms with E-state index in [-0.39, 0.29) is 0 Å². The highest BCUT2D eigenvalue weighted by atomic mass is 15.1. The van der Waals surface area contributed by atoms with E-state index in [9.17, 15) is 0 Å². The number of nitrogens with one attached hydrogen (secondary N) is 1. The average molecular weight is 199 g/mol. The molecule has 1 saturated heterocycles. The van der Waals surface area contributed by atoms with E-state index in [0.29, 0.717) is 5.92 Å². The number of rotatable bonds is 6. The molecule has 0 saturated carbocycles. The van der Waals surface area contributed by atoms with Crippen molar-refractivity contribution in [2.75, 3.05) is 39.8 Å². The topological polar surface area (TPSA) is 41.3 Å². The Kier molecular flexibility index (Phi) is 5.45. The van der Waals surface area contributed by atoms with Crippen LogP contribution in [-0.2, 0) is 0 Å². The van der Waals surface area contributed by atoms with Gasteiger partial charge in [-0.2, -0.15) is 0 Å². The second-order valence-corrected chi connectivity index (χ2v) is 4.75. The monoisotopic (exact) mass is 199 g/mol. The minimum Gasteiger partial charge on any atom is -0.330 e. The van der Waals surface area contributed by atoms with Crippen molar-refractivity contribution in [1.82, 2.24) is 10.2 Å². The van der Waals surface area contributed by atoms with E-state index >= 15 is 0 Å². The number of nitrogens with zero attached hydrogens (tertiary/aromatic N) is 1. The van der Waals surface area contributed by atoms with Crippen molar-refractivity contribution < 1.29 is 0 Å². The van der Waals surface area contributed by atoms with Gasteiger partial charge >= 0.3 is 0 Å². The lowest BCUT2D eigenvalue weighted by atomic mass is 10.1. The Morgan fingerprint density at radius 1 is 1.57 bits per heavy atom. The summed E-state index contributed by atoms with van der Waals surface area (Å²) in [5.41, 5.74) is 5.56. The second-order valence-electron chi connectivity index (χ2n) is 4.75. The minimum absolute atomic E-state index is 0.661. The molecule has 2 atom stereocenters. The first-order valence-electron chi connectivity index (χ1n) is 5.81. The zero-order chi connectivity index (χ0) is 10.4. The Morgan fingerprint density at radius 2 is 2.36 bits per heavy atom. The molecule has 0 bridgehead atoms. The number of hydrogen-bond acceptors (Lipinski definition) is 3. The third kappa shape index (κ3) is 4.40. The van der Waals surface area contributed by atoms with Crippen LogP contribution in [0.4, 0.5) is 0 Å². The van der Waals surface area contributed by atoms with Gasteiger partial charge in [-0.1, -0.05) is 6.92 Å². The molecule has 14 heavy (non-hydrogen) atoms. The molecule has 0 radical (unpaired) electrons. The molecule has 0 spiro atoms. The third-order valence-electron chi connectivity index (χ3n) is 3.14. The van der Waals surface area contributed by atoms with Crippen molar-refractivity contribution in [2.45, 2.75) is 19.8 Å². The fourth-order valence-corrected chi connectivity index (χ4v) is 1.97. The molecule has 0 aromatic rings. The van der Waals surface area contributed by atoms with Gasteiger partial charge in [0, 0.05) is 6.54 Å². The van der Waals surface area contributed by atoms with Gasteiger partial charge in [0.2, 0.25) is 0 Å². The molecular formula is C11H25N3. The fraction of sp³-hybridized carbons (Fsp3) is 1.00. The van der Waals surface area contributed by atoms with Crippen molar-refractivity contribution in [3.63, 3.8) is 0 Å². The van der Waals surface area contributed by atoms with E-state index in [1.54, 1.807) is 0 Å². The Balaban J connectivity index is 1.94. The van der Waals surface area contributed by atoms with Crippen LogP contribution in [0.15, 0.2) is 0 Å². The van der Waals surface area contributed by atoms with E-state index in [2.05, 4.69) is 24.2 Å². The average Bonchev–Trinajstić information content (AvgIpc) is 2.58. The summed E-state index contributed by atoms with van der Waals surface area (Å²) in [6.45, 7) is 7.87. The summed E-state index contributed by atoms with van der Waals surface area (Å²) in [7, 11) is 2.20. The lowest BCUT2D eigenvalue weighted by Gasteiger charge is -2.13. The molecule has 3 nitrogen and oxygen atoms in total. The highest BCUT2D eigenvalue weighted by Crippen LogP contribution is 2.12. The van der Waals surface area contributed by atoms with Gasteiger partial charge < -0.3 is 16.0 Å². The molecule has 0 aromatic heterocycles. The van der Waals surface area contributed by atoms with E-state index in [4.69, 9.17) is 5.73 Å². The maximum Gasteiger partial charge on any atom is 0.00192 e. The van der Waals surface area contributed by atoms with E-state index in [0.717, 1.165) is 19.0 Å². The maximum atomic E-state index is 5.56. The summed E-state index contributed by atoms with van der Waals surface area (Å²) in [5, 5.41) is 3.53. The molecule has 84 valence electrons. The van der Waals surface area contributed by atoms with Gasteiger partial charge in [0.1, 0.15) is 0 Å². The van der Waals surface area contributed by atoms with E-state index in [1.807, 2.05) is 0 Å². The van der Waals surface area contributed by atoms with Crippen molar-refractivity contribution in [3.05, 3.63) is 0 Å². The summed E-state index contributed by atoms with van der Waals surface area (Å²) in [6, 6.07) is 0. The first kappa shape index (κ1) is 12.0. The molecule has 1 rings (SSSR count). The zero-order valence-electron chi connectivity index (χ0n) is 9.63. The van der Waals surface area contributed by atoms with Crippen LogP contribution in [0.2, 0.25) is 0 Å². The van der Waals surface area contributed by atoms with Gasteiger partial charge in [0.15, 0.2) is 0 Å². The molecule has 2 unspecified atom stereocenters. The van der Waals surface area contributed by atoms with Gasteiger partial charge in [-0.05, 0) is 57.9 Å². The Morgan fingerprint density at radius 3 is 2.93 bits per heavy atom. The summed E-state index contributed by atoms with van der Waals surface area (Å²) in [6.07, 6.45) is 2.56. The van der Waals surface area contributed by atoms with Crippen LogP contribution in [0.1, 0.15) is 19.8 Å². The van der Waals surface area contributed by atoms with Crippen LogP contribution in [0.25, 0.3) is 0 Å². The van der Waals surface area contributed by atoms with Gasteiger partial charge in [-0.15, -0.1) is 0 Å². The zero-order valence-corrected chi connectivity index (χ0v) is 9.63. The summed E-state index contributed by atoms with van der Waals surface area (Å²) >= 11 is 0. The van der Waals surface area contributed by atoms with Gasteiger partial charge in [-0.25, -0.2) is 0 Å². The van der Waals surface area contributed by atoms with Crippen molar-refractivity contribution in [3.8, 4) is 0 Å². The van der Waals surface area contributed by atoms with E-state index in [1.165, 1.54) is 32.5 Å². The largest absolute Gasteiger partial charge is 0.330 e. The molecule has 0 aromatic carbocycles. The number of likely N-dealkylation sites (tertiary alicyclic amines) is 1. The van der Waals surface area contributed by atoms with Gasteiger partial charge in [0.05, 0.1) is 0 Å².